The fourth-order valence-corrected chi connectivity index (χ4v) is 5.41. The highest BCUT2D eigenvalue weighted by Crippen LogP contribution is 2.61. The summed E-state index contributed by atoms with van der Waals surface area (Å²) in [7, 11) is 0. The number of halogens is 2. The van der Waals surface area contributed by atoms with E-state index in [1.54, 1.807) is 0 Å². The van der Waals surface area contributed by atoms with Gasteiger partial charge in [0.15, 0.2) is 0 Å². The number of hydrogen-bond donors (Lipinski definition) is 2. The molecule has 0 amide bonds. The van der Waals surface area contributed by atoms with Crippen molar-refractivity contribution in [2.24, 2.45) is 16.7 Å². The van der Waals surface area contributed by atoms with Gasteiger partial charge in [0.1, 0.15) is 0 Å². The van der Waals surface area contributed by atoms with E-state index in [1.165, 1.54) is 6.42 Å². The molecule has 0 aromatic heterocycles. The van der Waals surface area contributed by atoms with Gasteiger partial charge in [-0.25, -0.2) is 0 Å². The molecular formula is C18H27Cl2NO. The van der Waals surface area contributed by atoms with Crippen molar-refractivity contribution in [1.29, 1.82) is 0 Å². The highest BCUT2D eigenvalue weighted by Gasteiger charge is 2.55. The van der Waals surface area contributed by atoms with Gasteiger partial charge in [0.2, 0.25) is 0 Å². The van der Waals surface area contributed by atoms with Crippen LogP contribution in [0.25, 0.3) is 0 Å². The van der Waals surface area contributed by atoms with Gasteiger partial charge in [-0.15, -0.1) is 0 Å². The summed E-state index contributed by atoms with van der Waals surface area (Å²) in [5.74, 6) is 0.652. The second-order valence-corrected chi connectivity index (χ2v) is 8.82. The number of aliphatic hydroxyl groups is 1. The lowest BCUT2D eigenvalue weighted by Gasteiger charge is -2.56. The molecule has 1 unspecified atom stereocenters. The van der Waals surface area contributed by atoms with Gasteiger partial charge >= 0.3 is 0 Å². The van der Waals surface area contributed by atoms with Gasteiger partial charge in [0.25, 0.3) is 0 Å². The molecule has 22 heavy (non-hydrogen) atoms. The zero-order valence-electron chi connectivity index (χ0n) is 13.6. The molecule has 1 heterocycles. The number of rotatable bonds is 2. The predicted octanol–water partition coefficient (Wildman–Crippen LogP) is 4.56. The number of allylic oxidation sites excluding steroid dienone is 4. The molecule has 2 N–H and O–H groups in total. The van der Waals surface area contributed by atoms with Crippen LogP contribution < -0.4 is 5.32 Å². The first-order chi connectivity index (χ1) is 10.3. The number of hydrogen-bond acceptors (Lipinski definition) is 2. The minimum absolute atomic E-state index is 0.0235. The minimum atomic E-state index is -0.512. The van der Waals surface area contributed by atoms with Crippen molar-refractivity contribution in [3.63, 3.8) is 0 Å². The van der Waals surface area contributed by atoms with Crippen molar-refractivity contribution >= 4 is 23.2 Å². The van der Waals surface area contributed by atoms with Crippen LogP contribution in [0.3, 0.4) is 0 Å². The first-order valence-corrected chi connectivity index (χ1v) is 9.21. The van der Waals surface area contributed by atoms with E-state index in [1.807, 2.05) is 6.92 Å². The third-order valence-corrected chi connectivity index (χ3v) is 7.34. The van der Waals surface area contributed by atoms with Crippen molar-refractivity contribution < 1.29 is 5.11 Å². The van der Waals surface area contributed by atoms with Crippen molar-refractivity contribution in [1.82, 2.24) is 5.32 Å². The second kappa shape index (κ2) is 5.81. The average Bonchev–Trinajstić information content (AvgIpc) is 2.98. The molecule has 0 bridgehead atoms. The topological polar surface area (TPSA) is 32.3 Å². The van der Waals surface area contributed by atoms with E-state index in [9.17, 15) is 5.11 Å². The lowest BCUT2D eigenvalue weighted by Crippen LogP contribution is -2.51. The van der Waals surface area contributed by atoms with E-state index in [0.717, 1.165) is 45.2 Å². The summed E-state index contributed by atoms with van der Waals surface area (Å²) >= 11 is 12.6. The van der Waals surface area contributed by atoms with Crippen LogP contribution in [0.1, 0.15) is 52.4 Å². The third kappa shape index (κ3) is 2.77. The predicted molar refractivity (Wildman–Crippen MR) is 93.1 cm³/mol. The highest BCUT2D eigenvalue weighted by molar-refractivity contribution is 6.44. The summed E-state index contributed by atoms with van der Waals surface area (Å²) < 4.78 is 0. The van der Waals surface area contributed by atoms with Crippen LogP contribution in [-0.4, -0.2) is 23.8 Å². The molecule has 2 atom stereocenters. The maximum atomic E-state index is 10.4. The Bertz CT molecular complexity index is 495. The summed E-state index contributed by atoms with van der Waals surface area (Å²) in [4.78, 5) is 0. The lowest BCUT2D eigenvalue weighted by molar-refractivity contribution is -0.0810. The van der Waals surface area contributed by atoms with Crippen LogP contribution >= 0.6 is 23.2 Å². The summed E-state index contributed by atoms with van der Waals surface area (Å²) in [6.07, 6.45) is 10.3. The van der Waals surface area contributed by atoms with E-state index in [-0.39, 0.29) is 10.8 Å². The quantitative estimate of drug-likeness (QED) is 0.769. The molecule has 0 aromatic rings. The molecule has 124 valence electrons. The van der Waals surface area contributed by atoms with Gasteiger partial charge in [-0.05, 0) is 75.3 Å². The second-order valence-electron chi connectivity index (χ2n) is 8.01. The van der Waals surface area contributed by atoms with Gasteiger partial charge < -0.3 is 10.4 Å². The van der Waals surface area contributed by atoms with E-state index in [0.29, 0.717) is 16.0 Å². The van der Waals surface area contributed by atoms with Crippen LogP contribution in [-0.2, 0) is 0 Å². The van der Waals surface area contributed by atoms with Gasteiger partial charge in [-0.3, -0.25) is 0 Å². The Kier molecular flexibility index (Phi) is 4.44. The molecule has 3 rings (SSSR count). The molecule has 3 aliphatic rings. The van der Waals surface area contributed by atoms with Crippen LogP contribution in [0.4, 0.5) is 0 Å². The van der Waals surface area contributed by atoms with Crippen LogP contribution in [0.15, 0.2) is 22.2 Å². The molecule has 2 nitrogen and oxygen atoms in total. The molecule has 0 radical (unpaired) electrons. The summed E-state index contributed by atoms with van der Waals surface area (Å²) in [6.45, 7) is 6.51. The maximum Gasteiger partial charge on any atom is 0.0620 e. The molecule has 2 aliphatic carbocycles. The average molecular weight is 344 g/mol. The van der Waals surface area contributed by atoms with E-state index in [4.69, 9.17) is 23.2 Å². The van der Waals surface area contributed by atoms with Gasteiger partial charge in [0.05, 0.1) is 15.7 Å². The Hall–Kier alpha value is -0.0200. The lowest BCUT2D eigenvalue weighted by atomic mass is 9.49. The normalized spacial score (nSPS) is 46.3. The van der Waals surface area contributed by atoms with Crippen LogP contribution in [0, 0.1) is 16.7 Å². The van der Waals surface area contributed by atoms with Crippen molar-refractivity contribution in [3.05, 3.63) is 22.2 Å². The first kappa shape index (κ1) is 16.8. The molecule has 1 saturated heterocycles. The minimum Gasteiger partial charge on any atom is -0.390 e. The Balaban J connectivity index is 1.96. The summed E-state index contributed by atoms with van der Waals surface area (Å²) in [6, 6.07) is 0. The number of nitrogens with one attached hydrogen (secondary N) is 1. The molecule has 2 fully saturated rings. The van der Waals surface area contributed by atoms with Crippen molar-refractivity contribution in [2.45, 2.75) is 58.0 Å². The smallest absolute Gasteiger partial charge is 0.0620 e. The van der Waals surface area contributed by atoms with Gasteiger partial charge in [-0.2, -0.15) is 0 Å². The monoisotopic (exact) mass is 343 g/mol. The Morgan fingerprint density at radius 2 is 1.82 bits per heavy atom. The Labute approximate surface area is 143 Å². The molecule has 0 spiro atoms. The molecule has 4 heteroatoms. The largest absolute Gasteiger partial charge is 0.390 e. The molecular weight excluding hydrogens is 317 g/mol. The van der Waals surface area contributed by atoms with Gasteiger partial charge in [-0.1, -0.05) is 42.3 Å². The van der Waals surface area contributed by atoms with Crippen molar-refractivity contribution in [3.8, 4) is 0 Å². The molecule has 1 aliphatic heterocycles. The Morgan fingerprint density at radius 3 is 2.36 bits per heavy atom. The third-order valence-electron chi connectivity index (χ3n) is 6.58. The maximum absolute atomic E-state index is 10.4. The molecule has 1 saturated carbocycles. The van der Waals surface area contributed by atoms with E-state index >= 15 is 0 Å². The van der Waals surface area contributed by atoms with E-state index < -0.39 is 5.60 Å². The van der Waals surface area contributed by atoms with Crippen molar-refractivity contribution in [2.75, 3.05) is 13.1 Å². The summed E-state index contributed by atoms with van der Waals surface area (Å²) in [5.41, 5.74) is -0.288. The fraction of sp³-hybridized carbons (Fsp3) is 0.778. The van der Waals surface area contributed by atoms with Crippen LogP contribution in [0.2, 0.25) is 0 Å². The SMILES string of the molecule is CC1(O)CCC([C@H]2CCNC2)(C2(C)C=C(Cl)C(Cl)=CC2)CC1. The van der Waals surface area contributed by atoms with Crippen LogP contribution in [0.5, 0.6) is 0 Å². The van der Waals surface area contributed by atoms with E-state index in [2.05, 4.69) is 24.4 Å². The summed E-state index contributed by atoms with van der Waals surface area (Å²) in [5, 5.41) is 15.3. The zero-order chi connectivity index (χ0) is 16.0. The Morgan fingerprint density at radius 1 is 1.14 bits per heavy atom. The fourth-order valence-electron chi connectivity index (χ4n) is 4.96. The highest BCUT2D eigenvalue weighted by atomic mass is 35.5. The standard InChI is InChI=1S/C18H27Cl2NO/c1-16(5-3-14(19)15(20)11-16)18(13-4-10-21-12-13)8-6-17(2,22)7-9-18/h3,11,13,21-22H,4-10,12H2,1-2H3/t13-,16?,17?,18?/m0/s1. The van der Waals surface area contributed by atoms with Gasteiger partial charge in [0, 0.05) is 0 Å². The first-order valence-electron chi connectivity index (χ1n) is 8.46. The molecule has 0 aromatic carbocycles. The zero-order valence-corrected chi connectivity index (χ0v) is 15.1.